The predicted octanol–water partition coefficient (Wildman–Crippen LogP) is 1.13. The number of carboxylic acids is 1. The molecule has 0 radical (unpaired) electrons. The fourth-order valence-electron chi connectivity index (χ4n) is 2.55. The number of nitrogens with zero attached hydrogens (tertiary/aromatic N) is 3. The van der Waals surface area contributed by atoms with E-state index in [1.807, 2.05) is 13.8 Å². The molecule has 1 saturated heterocycles. The lowest BCUT2D eigenvalue weighted by Gasteiger charge is -2.35. The van der Waals surface area contributed by atoms with Crippen LogP contribution in [0.3, 0.4) is 0 Å². The smallest absolute Gasteiger partial charge is 0.307 e. The van der Waals surface area contributed by atoms with Gasteiger partial charge in [0.15, 0.2) is 0 Å². The maximum atomic E-state index is 10.9. The average Bonchev–Trinajstić information content (AvgIpc) is 2.72. The van der Waals surface area contributed by atoms with Crippen molar-refractivity contribution in [1.29, 1.82) is 0 Å². The van der Waals surface area contributed by atoms with Crippen LogP contribution in [0.15, 0.2) is 4.52 Å². The molecule has 1 N–H and O–H groups in total. The topological polar surface area (TPSA) is 69.8 Å². The van der Waals surface area contributed by atoms with E-state index in [-0.39, 0.29) is 5.92 Å². The molecule has 0 spiro atoms. The minimum absolute atomic E-state index is 0.302. The minimum Gasteiger partial charge on any atom is -0.481 e. The van der Waals surface area contributed by atoms with Crippen LogP contribution in [-0.2, 0) is 11.3 Å². The Morgan fingerprint density at radius 1 is 1.30 bits per heavy atom. The molecule has 112 valence electrons. The summed E-state index contributed by atoms with van der Waals surface area (Å²) in [5.41, 5.74) is 2.14. The van der Waals surface area contributed by atoms with Gasteiger partial charge in [-0.25, -0.2) is 0 Å². The average molecular weight is 281 g/mol. The Morgan fingerprint density at radius 2 is 1.90 bits per heavy atom. The third-order valence-electron chi connectivity index (χ3n) is 3.98. The zero-order valence-electron chi connectivity index (χ0n) is 12.4. The van der Waals surface area contributed by atoms with Crippen molar-refractivity contribution < 1.29 is 14.4 Å². The molecule has 1 aromatic heterocycles. The molecule has 2 rings (SSSR count). The first kappa shape index (κ1) is 15.0. The van der Waals surface area contributed by atoms with Crippen LogP contribution < -0.4 is 0 Å². The van der Waals surface area contributed by atoms with Gasteiger partial charge in [-0.3, -0.25) is 14.6 Å². The lowest BCUT2D eigenvalue weighted by Crippen LogP contribution is -2.47. The highest BCUT2D eigenvalue weighted by atomic mass is 16.5. The van der Waals surface area contributed by atoms with Crippen molar-refractivity contribution in [3.63, 3.8) is 0 Å². The molecule has 1 fully saturated rings. The van der Waals surface area contributed by atoms with Crippen LogP contribution in [0.2, 0.25) is 0 Å². The lowest BCUT2D eigenvalue weighted by atomic mass is 10.1. The molecule has 1 aliphatic heterocycles. The Kier molecular flexibility index (Phi) is 4.77. The van der Waals surface area contributed by atoms with E-state index >= 15 is 0 Å². The monoisotopic (exact) mass is 281 g/mol. The van der Waals surface area contributed by atoms with Crippen LogP contribution in [0.4, 0.5) is 0 Å². The molecule has 20 heavy (non-hydrogen) atoms. The number of aryl methyl sites for hydroxylation is 2. The molecule has 1 unspecified atom stereocenters. The van der Waals surface area contributed by atoms with Gasteiger partial charge in [-0.1, -0.05) is 12.1 Å². The summed E-state index contributed by atoms with van der Waals surface area (Å²) in [5.74, 6) is -0.128. The quantitative estimate of drug-likeness (QED) is 0.872. The molecular formula is C14H23N3O3. The largest absolute Gasteiger partial charge is 0.481 e. The van der Waals surface area contributed by atoms with E-state index in [0.717, 1.165) is 44.2 Å². The summed E-state index contributed by atoms with van der Waals surface area (Å²) >= 11 is 0. The molecule has 6 nitrogen and oxygen atoms in total. The predicted molar refractivity (Wildman–Crippen MR) is 74.5 cm³/mol. The van der Waals surface area contributed by atoms with Crippen molar-refractivity contribution in [1.82, 2.24) is 15.0 Å². The molecular weight excluding hydrogens is 258 g/mol. The number of carbonyl (C=O) groups is 1. The Hall–Kier alpha value is -1.40. The maximum Gasteiger partial charge on any atom is 0.307 e. The maximum absolute atomic E-state index is 10.9. The van der Waals surface area contributed by atoms with E-state index in [4.69, 9.17) is 9.63 Å². The summed E-state index contributed by atoms with van der Waals surface area (Å²) in [4.78, 5) is 15.5. The van der Waals surface area contributed by atoms with Crippen molar-refractivity contribution in [2.75, 3.05) is 32.7 Å². The van der Waals surface area contributed by atoms with Crippen LogP contribution in [-0.4, -0.2) is 58.8 Å². The van der Waals surface area contributed by atoms with E-state index in [2.05, 4.69) is 15.0 Å². The van der Waals surface area contributed by atoms with Gasteiger partial charge in [-0.15, -0.1) is 0 Å². The molecule has 0 amide bonds. The van der Waals surface area contributed by atoms with E-state index in [0.29, 0.717) is 6.54 Å². The van der Waals surface area contributed by atoms with Crippen LogP contribution in [0.1, 0.15) is 23.9 Å². The fourth-order valence-corrected chi connectivity index (χ4v) is 2.55. The van der Waals surface area contributed by atoms with E-state index in [9.17, 15) is 4.79 Å². The molecule has 1 aliphatic rings. The van der Waals surface area contributed by atoms with Crippen LogP contribution >= 0.6 is 0 Å². The van der Waals surface area contributed by atoms with Gasteiger partial charge in [0.05, 0.1) is 11.6 Å². The van der Waals surface area contributed by atoms with Crippen LogP contribution in [0.25, 0.3) is 0 Å². The van der Waals surface area contributed by atoms with Crippen molar-refractivity contribution in [3.8, 4) is 0 Å². The molecule has 0 aliphatic carbocycles. The molecule has 1 atom stereocenters. The third kappa shape index (κ3) is 3.58. The summed E-state index contributed by atoms with van der Waals surface area (Å²) in [6, 6.07) is 0. The summed E-state index contributed by atoms with van der Waals surface area (Å²) in [6.07, 6.45) is 0. The number of aliphatic carboxylic acids is 1. The Bertz CT molecular complexity index is 445. The van der Waals surface area contributed by atoms with Gasteiger partial charge in [0.2, 0.25) is 0 Å². The molecule has 0 aromatic carbocycles. The van der Waals surface area contributed by atoms with E-state index in [1.54, 1.807) is 6.92 Å². The lowest BCUT2D eigenvalue weighted by molar-refractivity contribution is -0.141. The first-order valence-corrected chi connectivity index (χ1v) is 7.06. The van der Waals surface area contributed by atoms with E-state index < -0.39 is 5.97 Å². The minimum atomic E-state index is -0.719. The summed E-state index contributed by atoms with van der Waals surface area (Å²) < 4.78 is 5.18. The zero-order chi connectivity index (χ0) is 14.7. The van der Waals surface area contributed by atoms with Crippen LogP contribution in [0.5, 0.6) is 0 Å². The van der Waals surface area contributed by atoms with Crippen molar-refractivity contribution >= 4 is 5.97 Å². The summed E-state index contributed by atoms with van der Waals surface area (Å²) in [7, 11) is 0. The molecule has 6 heteroatoms. The molecule has 0 bridgehead atoms. The second kappa shape index (κ2) is 6.37. The molecule has 0 saturated carbocycles. The van der Waals surface area contributed by atoms with Gasteiger partial charge in [0.25, 0.3) is 0 Å². The van der Waals surface area contributed by atoms with Crippen LogP contribution in [0, 0.1) is 19.8 Å². The van der Waals surface area contributed by atoms with Gasteiger partial charge in [-0.2, -0.15) is 0 Å². The number of aromatic nitrogens is 1. The first-order chi connectivity index (χ1) is 9.47. The first-order valence-electron chi connectivity index (χ1n) is 7.06. The number of hydrogen-bond acceptors (Lipinski definition) is 5. The van der Waals surface area contributed by atoms with Crippen molar-refractivity contribution in [2.45, 2.75) is 27.3 Å². The van der Waals surface area contributed by atoms with Crippen molar-refractivity contribution in [2.24, 2.45) is 5.92 Å². The third-order valence-corrected chi connectivity index (χ3v) is 3.98. The number of carboxylic acid groups (broad SMARTS) is 1. The van der Waals surface area contributed by atoms with Gasteiger partial charge >= 0.3 is 5.97 Å². The summed E-state index contributed by atoms with van der Waals surface area (Å²) in [6.45, 7) is 10.9. The number of hydrogen-bond donors (Lipinski definition) is 1. The van der Waals surface area contributed by atoms with Gasteiger partial charge in [0.1, 0.15) is 5.76 Å². The highest BCUT2D eigenvalue weighted by Gasteiger charge is 2.22. The standard InChI is InChI=1S/C14H23N3O3/c1-10(14(18)19)8-16-4-6-17(7-5-16)9-13-11(2)15-20-12(13)3/h10H,4-9H2,1-3H3,(H,18,19). The normalized spacial score (nSPS) is 19.1. The highest BCUT2D eigenvalue weighted by molar-refractivity contribution is 5.69. The van der Waals surface area contributed by atoms with Gasteiger partial charge in [-0.05, 0) is 13.8 Å². The number of rotatable bonds is 5. The second-order valence-corrected chi connectivity index (χ2v) is 5.62. The van der Waals surface area contributed by atoms with Gasteiger partial charge < -0.3 is 9.63 Å². The molecule has 1 aromatic rings. The Labute approximate surface area is 119 Å². The Morgan fingerprint density at radius 3 is 2.40 bits per heavy atom. The van der Waals surface area contributed by atoms with Gasteiger partial charge in [0, 0.05) is 44.8 Å². The summed E-state index contributed by atoms with van der Waals surface area (Å²) in [5, 5.41) is 12.9. The number of piperazine rings is 1. The van der Waals surface area contributed by atoms with Crippen molar-refractivity contribution in [3.05, 3.63) is 17.0 Å². The Balaban J connectivity index is 1.81. The zero-order valence-corrected chi connectivity index (χ0v) is 12.4. The van der Waals surface area contributed by atoms with E-state index in [1.165, 1.54) is 5.56 Å². The molecule has 2 heterocycles. The SMILES string of the molecule is Cc1noc(C)c1CN1CCN(CC(C)C(=O)O)CC1. The fraction of sp³-hybridized carbons (Fsp3) is 0.714. The second-order valence-electron chi connectivity index (χ2n) is 5.62. The highest BCUT2D eigenvalue weighted by Crippen LogP contribution is 2.16.